The number of rotatable bonds is 2. The van der Waals surface area contributed by atoms with Gasteiger partial charge in [0.05, 0.1) is 4.88 Å². The second-order valence-corrected chi connectivity index (χ2v) is 4.69. The molecular weight excluding hydrogens is 228 g/mol. The van der Waals surface area contributed by atoms with E-state index in [9.17, 15) is 4.79 Å². The van der Waals surface area contributed by atoms with Gasteiger partial charge in [-0.3, -0.25) is 4.79 Å². The van der Waals surface area contributed by atoms with Crippen molar-refractivity contribution in [2.75, 3.05) is 0 Å². The molecular formula is C10H10N2OS2. The summed E-state index contributed by atoms with van der Waals surface area (Å²) in [4.78, 5) is 17.2. The molecule has 5 heteroatoms. The average Bonchev–Trinajstić information content (AvgIpc) is 2.87. The van der Waals surface area contributed by atoms with Crippen LogP contribution in [-0.4, -0.2) is 10.5 Å². The molecule has 0 unspecified atom stereocenters. The van der Waals surface area contributed by atoms with Crippen LogP contribution >= 0.6 is 22.7 Å². The highest BCUT2D eigenvalue weighted by Crippen LogP contribution is 2.09. The van der Waals surface area contributed by atoms with Gasteiger partial charge in [-0.1, -0.05) is 6.07 Å². The van der Waals surface area contributed by atoms with Crippen molar-refractivity contribution in [3.05, 3.63) is 38.8 Å². The van der Waals surface area contributed by atoms with Crippen LogP contribution in [0.15, 0.2) is 34.1 Å². The Labute approximate surface area is 95.4 Å². The van der Waals surface area contributed by atoms with Gasteiger partial charge in [0, 0.05) is 18.1 Å². The Morgan fingerprint density at radius 1 is 1.47 bits per heavy atom. The van der Waals surface area contributed by atoms with Gasteiger partial charge in [0.25, 0.3) is 5.91 Å². The maximum atomic E-state index is 11.7. The lowest BCUT2D eigenvalue weighted by Crippen LogP contribution is -2.14. The number of thiazole rings is 1. The van der Waals surface area contributed by atoms with Crippen molar-refractivity contribution < 1.29 is 4.79 Å². The van der Waals surface area contributed by atoms with E-state index in [-0.39, 0.29) is 5.91 Å². The molecule has 0 radical (unpaired) electrons. The molecule has 0 N–H and O–H groups in total. The minimum atomic E-state index is -0.158. The lowest BCUT2D eigenvalue weighted by molar-refractivity contribution is 0.100. The quantitative estimate of drug-likeness (QED) is 0.791. The highest BCUT2D eigenvalue weighted by Gasteiger charge is 2.04. The van der Waals surface area contributed by atoms with E-state index in [1.54, 1.807) is 6.07 Å². The lowest BCUT2D eigenvalue weighted by Gasteiger charge is -1.94. The molecule has 2 rings (SSSR count). The van der Waals surface area contributed by atoms with E-state index in [1.807, 2.05) is 34.5 Å². The first-order chi connectivity index (χ1) is 7.31. The highest BCUT2D eigenvalue weighted by molar-refractivity contribution is 7.12. The molecule has 0 aliphatic rings. The Morgan fingerprint density at radius 2 is 2.33 bits per heavy atom. The van der Waals surface area contributed by atoms with Gasteiger partial charge < -0.3 is 4.57 Å². The third-order valence-corrected chi connectivity index (χ3v) is 3.58. The molecule has 2 aromatic heterocycles. The van der Waals surface area contributed by atoms with Gasteiger partial charge in [0.1, 0.15) is 0 Å². The Hall–Kier alpha value is -1.20. The van der Waals surface area contributed by atoms with Gasteiger partial charge in [-0.05, 0) is 18.4 Å². The van der Waals surface area contributed by atoms with E-state index in [0.717, 1.165) is 11.3 Å². The van der Waals surface area contributed by atoms with Gasteiger partial charge in [0.15, 0.2) is 4.80 Å². The summed E-state index contributed by atoms with van der Waals surface area (Å²) < 4.78 is 1.95. The summed E-state index contributed by atoms with van der Waals surface area (Å²) in [5.74, 6) is -0.158. The van der Waals surface area contributed by atoms with E-state index in [0.29, 0.717) is 4.88 Å². The molecule has 3 nitrogen and oxygen atoms in total. The number of hydrogen-bond donors (Lipinski definition) is 0. The van der Waals surface area contributed by atoms with Crippen LogP contribution in [0.1, 0.15) is 16.6 Å². The first kappa shape index (κ1) is 10.3. The molecule has 0 atom stereocenters. The smallest absolute Gasteiger partial charge is 0.289 e. The fourth-order valence-electron chi connectivity index (χ4n) is 1.17. The Morgan fingerprint density at radius 3 is 3.00 bits per heavy atom. The minimum Gasteiger partial charge on any atom is -0.324 e. The molecule has 78 valence electrons. The minimum absolute atomic E-state index is 0.158. The Kier molecular flexibility index (Phi) is 3.13. The van der Waals surface area contributed by atoms with Crippen molar-refractivity contribution >= 4 is 28.6 Å². The highest BCUT2D eigenvalue weighted by atomic mass is 32.1. The van der Waals surface area contributed by atoms with Crippen LogP contribution in [0.4, 0.5) is 0 Å². The fraction of sp³-hybridized carbons (Fsp3) is 0.200. The van der Waals surface area contributed by atoms with Crippen molar-refractivity contribution in [3.63, 3.8) is 0 Å². The predicted octanol–water partition coefficient (Wildman–Crippen LogP) is 2.37. The van der Waals surface area contributed by atoms with Crippen molar-refractivity contribution in [2.45, 2.75) is 13.5 Å². The summed E-state index contributed by atoms with van der Waals surface area (Å²) >= 11 is 2.90. The molecule has 2 heterocycles. The van der Waals surface area contributed by atoms with Gasteiger partial charge >= 0.3 is 0 Å². The molecule has 1 amide bonds. The van der Waals surface area contributed by atoms with Crippen LogP contribution in [0.2, 0.25) is 0 Å². The van der Waals surface area contributed by atoms with Crippen LogP contribution in [0.5, 0.6) is 0 Å². The second-order valence-electron chi connectivity index (χ2n) is 2.87. The standard InChI is InChI=1S/C10H10N2OS2/c1-2-12-5-7-15-10(12)11-9(13)8-4-3-6-14-8/h3-7H,2H2,1H3. The van der Waals surface area contributed by atoms with Gasteiger partial charge in [-0.15, -0.1) is 22.7 Å². The third-order valence-electron chi connectivity index (χ3n) is 1.93. The summed E-state index contributed by atoms with van der Waals surface area (Å²) in [6, 6.07) is 3.65. The summed E-state index contributed by atoms with van der Waals surface area (Å²) in [7, 11) is 0. The molecule has 0 spiro atoms. The monoisotopic (exact) mass is 238 g/mol. The SMILES string of the molecule is CCn1ccsc1=NC(=O)c1cccs1. The number of hydrogen-bond acceptors (Lipinski definition) is 3. The van der Waals surface area contributed by atoms with E-state index in [2.05, 4.69) is 4.99 Å². The largest absolute Gasteiger partial charge is 0.324 e. The molecule has 0 bridgehead atoms. The van der Waals surface area contributed by atoms with Crippen LogP contribution in [0, 0.1) is 0 Å². The van der Waals surface area contributed by atoms with E-state index in [4.69, 9.17) is 0 Å². The van der Waals surface area contributed by atoms with Crippen molar-refractivity contribution in [3.8, 4) is 0 Å². The number of thiophene rings is 1. The maximum Gasteiger partial charge on any atom is 0.289 e. The number of carbonyl (C=O) groups excluding carboxylic acids is 1. The van der Waals surface area contributed by atoms with Crippen molar-refractivity contribution in [2.24, 2.45) is 4.99 Å². The number of aryl methyl sites for hydroxylation is 1. The fourth-order valence-corrected chi connectivity index (χ4v) is 2.57. The zero-order valence-corrected chi connectivity index (χ0v) is 9.85. The van der Waals surface area contributed by atoms with Crippen LogP contribution in [0.25, 0.3) is 0 Å². The summed E-state index contributed by atoms with van der Waals surface area (Å²) in [6.07, 6.45) is 1.94. The topological polar surface area (TPSA) is 34.4 Å². The van der Waals surface area contributed by atoms with Gasteiger partial charge in [-0.25, -0.2) is 0 Å². The summed E-state index contributed by atoms with van der Waals surface area (Å²) in [5, 5.41) is 3.81. The predicted molar refractivity (Wildman–Crippen MR) is 62.2 cm³/mol. The normalized spacial score (nSPS) is 11.9. The van der Waals surface area contributed by atoms with Gasteiger partial charge in [-0.2, -0.15) is 4.99 Å². The maximum absolute atomic E-state index is 11.7. The van der Waals surface area contributed by atoms with Crippen molar-refractivity contribution in [1.29, 1.82) is 0 Å². The van der Waals surface area contributed by atoms with Crippen LogP contribution in [-0.2, 0) is 6.54 Å². The molecule has 2 aromatic rings. The van der Waals surface area contributed by atoms with E-state index < -0.39 is 0 Å². The molecule has 0 aliphatic heterocycles. The van der Waals surface area contributed by atoms with E-state index in [1.165, 1.54) is 22.7 Å². The summed E-state index contributed by atoms with van der Waals surface area (Å²) in [5.41, 5.74) is 0. The average molecular weight is 238 g/mol. The molecule has 15 heavy (non-hydrogen) atoms. The second kappa shape index (κ2) is 4.55. The van der Waals surface area contributed by atoms with Crippen LogP contribution in [0.3, 0.4) is 0 Å². The third kappa shape index (κ3) is 2.24. The van der Waals surface area contributed by atoms with Crippen LogP contribution < -0.4 is 4.80 Å². The zero-order valence-electron chi connectivity index (χ0n) is 8.21. The molecule has 0 aromatic carbocycles. The zero-order chi connectivity index (χ0) is 10.7. The number of aromatic nitrogens is 1. The molecule has 0 saturated heterocycles. The first-order valence-corrected chi connectivity index (χ1v) is 6.33. The lowest BCUT2D eigenvalue weighted by atomic mass is 10.4. The summed E-state index contributed by atoms with van der Waals surface area (Å²) in [6.45, 7) is 2.86. The molecule has 0 saturated carbocycles. The number of carbonyl (C=O) groups is 1. The van der Waals surface area contributed by atoms with Gasteiger partial charge in [0.2, 0.25) is 0 Å². The Balaban J connectivity index is 2.35. The molecule has 0 fully saturated rings. The first-order valence-electron chi connectivity index (χ1n) is 4.57. The number of nitrogens with zero attached hydrogens (tertiary/aromatic N) is 2. The number of amides is 1. The molecule has 0 aliphatic carbocycles. The Bertz CT molecular complexity index is 508. The van der Waals surface area contributed by atoms with Crippen molar-refractivity contribution in [1.82, 2.24) is 4.57 Å². The van der Waals surface area contributed by atoms with E-state index >= 15 is 0 Å².